The molecule has 0 aromatic heterocycles. The third-order valence-electron chi connectivity index (χ3n) is 3.59. The second kappa shape index (κ2) is 6.57. The largest absolute Gasteiger partial charge is 0.550 e. The third kappa shape index (κ3) is 3.29. The number of amides is 1. The van der Waals surface area contributed by atoms with Gasteiger partial charge in [-0.05, 0) is 29.8 Å². The molecule has 1 aliphatic rings. The standard InChI is InChI=1S/C17H14FNO5/c18-12-4-2-1-3-11(12)17(22)19-13(8-16(20)21)10-5-6-14-15(7-10)24-9-23-14/h1-7,13H,8-9H2,(H,19,22)(H,20,21)/p-1/t13-/m1/s1. The van der Waals surface area contributed by atoms with Gasteiger partial charge in [0.1, 0.15) is 5.82 Å². The molecule has 0 radical (unpaired) electrons. The number of carboxylic acids is 1. The van der Waals surface area contributed by atoms with Gasteiger partial charge in [0, 0.05) is 12.4 Å². The Morgan fingerprint density at radius 1 is 1.17 bits per heavy atom. The minimum atomic E-state index is -1.34. The van der Waals surface area contributed by atoms with Gasteiger partial charge in [-0.1, -0.05) is 18.2 Å². The molecule has 1 aliphatic heterocycles. The van der Waals surface area contributed by atoms with Crippen molar-refractivity contribution in [1.82, 2.24) is 5.32 Å². The molecule has 0 bridgehead atoms. The molecule has 0 spiro atoms. The summed E-state index contributed by atoms with van der Waals surface area (Å²) in [6.45, 7) is 0.0749. The lowest BCUT2D eigenvalue weighted by Crippen LogP contribution is -2.34. The summed E-state index contributed by atoms with van der Waals surface area (Å²) >= 11 is 0. The van der Waals surface area contributed by atoms with Gasteiger partial charge in [-0.15, -0.1) is 0 Å². The highest BCUT2D eigenvalue weighted by Gasteiger charge is 2.21. The highest BCUT2D eigenvalue weighted by atomic mass is 19.1. The fourth-order valence-electron chi connectivity index (χ4n) is 2.43. The van der Waals surface area contributed by atoms with Crippen LogP contribution < -0.4 is 19.9 Å². The van der Waals surface area contributed by atoms with Gasteiger partial charge in [0.25, 0.3) is 5.91 Å². The molecule has 0 saturated heterocycles. The average molecular weight is 330 g/mol. The lowest BCUT2D eigenvalue weighted by Gasteiger charge is -2.20. The molecule has 1 amide bonds. The summed E-state index contributed by atoms with van der Waals surface area (Å²) in [7, 11) is 0. The molecule has 1 N–H and O–H groups in total. The normalized spacial score (nSPS) is 13.4. The van der Waals surface area contributed by atoms with E-state index in [9.17, 15) is 19.1 Å². The van der Waals surface area contributed by atoms with Crippen LogP contribution in [0.1, 0.15) is 28.4 Å². The van der Waals surface area contributed by atoms with E-state index in [0.717, 1.165) is 6.07 Å². The first kappa shape index (κ1) is 15.8. The maximum Gasteiger partial charge on any atom is 0.254 e. The van der Waals surface area contributed by atoms with Crippen LogP contribution in [0.2, 0.25) is 0 Å². The van der Waals surface area contributed by atoms with E-state index in [-0.39, 0.29) is 12.4 Å². The minimum Gasteiger partial charge on any atom is -0.550 e. The predicted octanol–water partition coefficient (Wildman–Crippen LogP) is 1.17. The van der Waals surface area contributed by atoms with Crippen LogP contribution in [0.3, 0.4) is 0 Å². The summed E-state index contributed by atoms with van der Waals surface area (Å²) in [5, 5.41) is 13.5. The van der Waals surface area contributed by atoms with E-state index in [4.69, 9.17) is 9.47 Å². The fraction of sp³-hybridized carbons (Fsp3) is 0.176. The number of hydrogen-bond donors (Lipinski definition) is 1. The number of hydrogen-bond acceptors (Lipinski definition) is 5. The Hall–Kier alpha value is -3.09. The van der Waals surface area contributed by atoms with Crippen molar-refractivity contribution in [3.63, 3.8) is 0 Å². The second-order valence-electron chi connectivity index (χ2n) is 5.19. The van der Waals surface area contributed by atoms with Crippen LogP contribution in [0.4, 0.5) is 4.39 Å². The van der Waals surface area contributed by atoms with Crippen molar-refractivity contribution in [2.75, 3.05) is 6.79 Å². The maximum absolute atomic E-state index is 13.7. The number of carbonyl (C=O) groups is 2. The summed E-state index contributed by atoms with van der Waals surface area (Å²) in [4.78, 5) is 23.3. The number of fused-ring (bicyclic) bond motifs is 1. The van der Waals surface area contributed by atoms with E-state index in [0.29, 0.717) is 17.1 Å². The monoisotopic (exact) mass is 330 g/mol. The van der Waals surface area contributed by atoms with Crippen molar-refractivity contribution >= 4 is 11.9 Å². The molecule has 24 heavy (non-hydrogen) atoms. The van der Waals surface area contributed by atoms with E-state index < -0.39 is 30.2 Å². The first-order valence-electron chi connectivity index (χ1n) is 7.19. The zero-order chi connectivity index (χ0) is 17.1. The molecule has 0 aliphatic carbocycles. The van der Waals surface area contributed by atoms with Gasteiger partial charge in [-0.25, -0.2) is 4.39 Å². The first-order valence-corrected chi connectivity index (χ1v) is 7.19. The van der Waals surface area contributed by atoms with Gasteiger partial charge >= 0.3 is 0 Å². The third-order valence-corrected chi connectivity index (χ3v) is 3.59. The average Bonchev–Trinajstić information content (AvgIpc) is 3.01. The van der Waals surface area contributed by atoms with Crippen LogP contribution in [0, 0.1) is 5.82 Å². The first-order chi connectivity index (χ1) is 11.5. The Bertz CT molecular complexity index is 792. The topological polar surface area (TPSA) is 87.7 Å². The van der Waals surface area contributed by atoms with E-state index in [1.165, 1.54) is 18.2 Å². The van der Waals surface area contributed by atoms with Crippen molar-refractivity contribution in [3.05, 3.63) is 59.4 Å². The number of carbonyl (C=O) groups excluding carboxylic acids is 2. The summed E-state index contributed by atoms with van der Waals surface area (Å²) < 4.78 is 24.1. The van der Waals surface area contributed by atoms with Crippen LogP contribution in [-0.2, 0) is 4.79 Å². The SMILES string of the molecule is O=C([O-])C[C@@H](NC(=O)c1ccccc1F)c1ccc2c(c1)OCO2. The molecule has 1 atom stereocenters. The zero-order valence-electron chi connectivity index (χ0n) is 12.5. The van der Waals surface area contributed by atoms with Gasteiger partial charge in [0.2, 0.25) is 6.79 Å². The number of carboxylic acid groups (broad SMARTS) is 1. The van der Waals surface area contributed by atoms with Gasteiger partial charge in [0.05, 0.1) is 11.6 Å². The van der Waals surface area contributed by atoms with Crippen LogP contribution in [0.15, 0.2) is 42.5 Å². The molecule has 1 heterocycles. The molecule has 2 aromatic carbocycles. The van der Waals surface area contributed by atoms with Gasteiger partial charge < -0.3 is 24.7 Å². The molecule has 3 rings (SSSR count). The summed E-state index contributed by atoms with van der Waals surface area (Å²) in [5.41, 5.74) is 0.328. The summed E-state index contributed by atoms with van der Waals surface area (Å²) in [6, 6.07) is 9.38. The lowest BCUT2D eigenvalue weighted by molar-refractivity contribution is -0.306. The van der Waals surface area contributed by atoms with Gasteiger partial charge in [0.15, 0.2) is 11.5 Å². The number of nitrogens with one attached hydrogen (secondary N) is 1. The molecule has 0 saturated carbocycles. The Balaban J connectivity index is 1.85. The zero-order valence-corrected chi connectivity index (χ0v) is 12.5. The number of rotatable bonds is 5. The number of halogens is 1. The molecule has 124 valence electrons. The highest BCUT2D eigenvalue weighted by molar-refractivity contribution is 5.94. The van der Waals surface area contributed by atoms with Crippen molar-refractivity contribution in [2.24, 2.45) is 0 Å². The van der Waals surface area contributed by atoms with Crippen LogP contribution in [-0.4, -0.2) is 18.7 Å². The Morgan fingerprint density at radius 3 is 2.67 bits per heavy atom. The van der Waals surface area contributed by atoms with E-state index in [2.05, 4.69) is 5.32 Å². The fourth-order valence-corrected chi connectivity index (χ4v) is 2.43. The molecular weight excluding hydrogens is 317 g/mol. The van der Waals surface area contributed by atoms with Gasteiger partial charge in [-0.2, -0.15) is 0 Å². The van der Waals surface area contributed by atoms with Crippen molar-refractivity contribution < 1.29 is 28.6 Å². The molecular formula is C17H13FNO5-. The Morgan fingerprint density at radius 2 is 1.92 bits per heavy atom. The van der Waals surface area contributed by atoms with Crippen molar-refractivity contribution in [3.8, 4) is 11.5 Å². The van der Waals surface area contributed by atoms with E-state index in [1.54, 1.807) is 18.2 Å². The molecule has 7 heteroatoms. The summed E-state index contributed by atoms with van der Waals surface area (Å²) in [6.07, 6.45) is -0.458. The predicted molar refractivity (Wildman–Crippen MR) is 78.8 cm³/mol. The molecule has 0 unspecified atom stereocenters. The van der Waals surface area contributed by atoms with Crippen LogP contribution >= 0.6 is 0 Å². The van der Waals surface area contributed by atoms with E-state index in [1.807, 2.05) is 0 Å². The quantitative estimate of drug-likeness (QED) is 0.889. The molecule has 6 nitrogen and oxygen atoms in total. The highest BCUT2D eigenvalue weighted by Crippen LogP contribution is 2.34. The van der Waals surface area contributed by atoms with Crippen molar-refractivity contribution in [1.29, 1.82) is 0 Å². The molecule has 0 fully saturated rings. The minimum absolute atomic E-state index is 0.0749. The van der Waals surface area contributed by atoms with Crippen molar-refractivity contribution in [2.45, 2.75) is 12.5 Å². The van der Waals surface area contributed by atoms with Gasteiger partial charge in [-0.3, -0.25) is 4.79 Å². The van der Waals surface area contributed by atoms with Crippen LogP contribution in [0.5, 0.6) is 11.5 Å². The lowest BCUT2D eigenvalue weighted by atomic mass is 10.0. The summed E-state index contributed by atoms with van der Waals surface area (Å²) in [5.74, 6) is -1.75. The smallest absolute Gasteiger partial charge is 0.254 e. The maximum atomic E-state index is 13.7. The Kier molecular flexibility index (Phi) is 4.33. The molecule has 2 aromatic rings. The number of aliphatic carboxylic acids is 1. The Labute approximate surface area is 136 Å². The number of ether oxygens (including phenoxy) is 2. The second-order valence-corrected chi connectivity index (χ2v) is 5.19. The number of benzene rings is 2. The van der Waals surface area contributed by atoms with Crippen LogP contribution in [0.25, 0.3) is 0 Å². The van der Waals surface area contributed by atoms with E-state index >= 15 is 0 Å².